The summed E-state index contributed by atoms with van der Waals surface area (Å²) in [4.78, 5) is 0. The summed E-state index contributed by atoms with van der Waals surface area (Å²) in [6, 6.07) is 0. The summed E-state index contributed by atoms with van der Waals surface area (Å²) >= 11 is 13.1. The zero-order chi connectivity index (χ0) is 10.1. The Morgan fingerprint density at radius 3 is 1.57 bits per heavy atom. The van der Waals surface area contributed by atoms with Crippen LogP contribution in [0.5, 0.6) is 0 Å². The Morgan fingerprint density at radius 2 is 1.29 bits per heavy atom. The topological polar surface area (TPSA) is 0 Å². The molecule has 11 heteroatoms. The van der Waals surface area contributed by atoms with E-state index in [1.807, 2.05) is 53.1 Å². The van der Waals surface area contributed by atoms with E-state index in [0.29, 0.717) is 0 Å². The van der Waals surface area contributed by atoms with E-state index in [2.05, 4.69) is 0 Å². The number of thiocarbonyl (C=S) groups is 3. The maximum atomic E-state index is 5.36. The van der Waals surface area contributed by atoms with Crippen molar-refractivity contribution >= 4 is 132 Å². The van der Waals surface area contributed by atoms with E-state index < -0.39 is 32.0 Å². The number of rotatable bonds is 2. The monoisotopic (exact) mass is 566 g/mol. The molecular weight excluding hydrogens is 568 g/mol. The molecule has 0 spiro atoms. The van der Waals surface area contributed by atoms with Crippen molar-refractivity contribution in [2.75, 3.05) is 0 Å². The summed E-state index contributed by atoms with van der Waals surface area (Å²) in [5, 5.41) is 0. The van der Waals surface area contributed by atoms with Crippen LogP contribution in [0.2, 0.25) is 0 Å². The first-order valence-electron chi connectivity index (χ1n) is 2.93. The summed E-state index contributed by atoms with van der Waals surface area (Å²) in [6.07, 6.45) is 0. The molecule has 2 heterocycles. The van der Waals surface area contributed by atoms with E-state index in [1.54, 1.807) is 0 Å². The first-order valence-corrected chi connectivity index (χ1v) is 27.6. The number of hydrogen-bond acceptors (Lipinski definition) is 9. The fourth-order valence-corrected chi connectivity index (χ4v) is 70.9. The Bertz CT molecular complexity index is 256. The van der Waals surface area contributed by atoms with Crippen molar-refractivity contribution < 1.29 is 0 Å². The molecule has 2 aliphatic rings. The van der Waals surface area contributed by atoms with Crippen LogP contribution in [-0.2, 0) is 0 Å². The van der Waals surface area contributed by atoms with Gasteiger partial charge in [-0.15, -0.1) is 0 Å². The minimum absolute atomic E-state index is 1.13. The maximum absolute atomic E-state index is 5.36. The normalized spacial score (nSPS) is 23.1. The van der Waals surface area contributed by atoms with Gasteiger partial charge in [0.05, 0.1) is 0 Å². The second kappa shape index (κ2) is 6.97. The summed E-state index contributed by atoms with van der Waals surface area (Å²) in [5.41, 5.74) is 0. The molecule has 0 unspecified atom stereocenters. The van der Waals surface area contributed by atoms with Crippen molar-refractivity contribution in [3.63, 3.8) is 0 Å². The van der Waals surface area contributed by atoms with Crippen LogP contribution in [0.4, 0.5) is 0 Å². The van der Waals surface area contributed by atoms with Gasteiger partial charge in [-0.25, -0.2) is 0 Å². The van der Waals surface area contributed by atoms with Gasteiger partial charge in [0.1, 0.15) is 0 Å². The third-order valence-electron chi connectivity index (χ3n) is 0.894. The van der Waals surface area contributed by atoms with Gasteiger partial charge in [-0.2, -0.15) is 0 Å². The van der Waals surface area contributed by atoms with Gasteiger partial charge in [-0.05, 0) is 0 Å². The molecule has 2 saturated heterocycles. The first kappa shape index (κ1) is 14.4. The first-order chi connectivity index (χ1) is 6.63. The molecule has 0 saturated carbocycles. The van der Waals surface area contributed by atoms with Crippen LogP contribution < -0.4 is 0 Å². The zero-order valence-corrected chi connectivity index (χ0v) is 18.5. The quantitative estimate of drug-likeness (QED) is 0.352. The molecule has 0 N–H and O–H groups in total. The number of hydrogen-bond donors (Lipinski definition) is 0. The molecule has 0 radical (unpaired) electrons. The van der Waals surface area contributed by atoms with Gasteiger partial charge in [0, 0.05) is 0 Å². The van der Waals surface area contributed by atoms with E-state index in [9.17, 15) is 0 Å². The molecule has 2 rings (SSSR count). The molecule has 0 aromatic rings. The average Bonchev–Trinajstić information content (AvgIpc) is 1.98. The zero-order valence-electron chi connectivity index (χ0n) is 6.07. The van der Waals surface area contributed by atoms with E-state index in [0.717, 1.165) is 7.06 Å². The molecule has 2 aliphatic heterocycles. The van der Waals surface area contributed by atoms with Gasteiger partial charge in [-0.1, -0.05) is 0 Å². The van der Waals surface area contributed by atoms with Crippen LogP contribution in [0, 0.1) is 0 Å². The van der Waals surface area contributed by atoms with Crippen LogP contribution in [0.15, 0.2) is 0 Å². The minimum atomic E-state index is -1.16. The molecular formula is C3S9Sb2. The molecule has 0 aliphatic carbocycles. The van der Waals surface area contributed by atoms with Crippen LogP contribution in [0.1, 0.15) is 0 Å². The van der Waals surface area contributed by atoms with Gasteiger partial charge in [-0.3, -0.25) is 0 Å². The SMILES string of the molecule is S=C1[S][Sb]([S]C(=S)[S][Sb]2[S]C(=S)[S]2)[S]1. The van der Waals surface area contributed by atoms with Crippen LogP contribution in [0.25, 0.3) is 0 Å². The second-order valence-electron chi connectivity index (χ2n) is 1.74. The summed E-state index contributed by atoms with van der Waals surface area (Å²) in [6.45, 7) is 0. The summed E-state index contributed by atoms with van der Waals surface area (Å²) in [5.74, 6) is 0. The van der Waals surface area contributed by atoms with Gasteiger partial charge >= 0.3 is 132 Å². The van der Waals surface area contributed by atoms with Crippen molar-refractivity contribution in [2.45, 2.75) is 0 Å². The standard InChI is InChI=1S/3CH2S3.2Sb/c3*2-1(3)4;;/h3*(H2,2,3,4);;/q;;;2*+3/p-6. The average molecular weight is 568 g/mol. The van der Waals surface area contributed by atoms with Crippen molar-refractivity contribution in [2.24, 2.45) is 0 Å². The predicted octanol–water partition coefficient (Wildman–Crippen LogP) is 4.24. The molecule has 14 heavy (non-hydrogen) atoms. The molecule has 0 bridgehead atoms. The van der Waals surface area contributed by atoms with Gasteiger partial charge < -0.3 is 0 Å². The predicted molar refractivity (Wildman–Crippen MR) is 94.8 cm³/mol. The van der Waals surface area contributed by atoms with Crippen LogP contribution in [-0.4, -0.2) is 42.6 Å². The Balaban J connectivity index is 1.64. The van der Waals surface area contributed by atoms with Crippen molar-refractivity contribution in [1.82, 2.24) is 0 Å². The van der Waals surface area contributed by atoms with Crippen molar-refractivity contribution in [3.8, 4) is 0 Å². The van der Waals surface area contributed by atoms with Gasteiger partial charge in [0.2, 0.25) is 0 Å². The third-order valence-corrected chi connectivity index (χ3v) is 54.0. The van der Waals surface area contributed by atoms with E-state index in [4.69, 9.17) is 36.7 Å². The van der Waals surface area contributed by atoms with E-state index >= 15 is 0 Å². The van der Waals surface area contributed by atoms with Crippen LogP contribution in [0.3, 0.4) is 0 Å². The Kier molecular flexibility index (Phi) is 7.17. The molecule has 2 fully saturated rings. The molecule has 0 nitrogen and oxygen atoms in total. The van der Waals surface area contributed by atoms with E-state index in [1.165, 1.54) is 3.53 Å². The van der Waals surface area contributed by atoms with E-state index in [-0.39, 0.29) is 0 Å². The summed E-state index contributed by atoms with van der Waals surface area (Å²) < 4.78 is 3.42. The fraction of sp³-hybridized carbons (Fsp3) is 0. The molecule has 76 valence electrons. The van der Waals surface area contributed by atoms with Crippen LogP contribution >= 0.6 is 89.8 Å². The fourth-order valence-electron chi connectivity index (χ4n) is 0.470. The van der Waals surface area contributed by atoms with Crippen molar-refractivity contribution in [1.29, 1.82) is 0 Å². The Morgan fingerprint density at radius 1 is 0.929 bits per heavy atom. The Labute approximate surface area is 129 Å². The third kappa shape index (κ3) is 4.60. The second-order valence-corrected chi connectivity index (χ2v) is 44.8. The molecule has 0 aromatic heterocycles. The molecule has 0 atom stereocenters. The van der Waals surface area contributed by atoms with Gasteiger partial charge in [0.25, 0.3) is 0 Å². The molecule has 0 aromatic carbocycles. The molecule has 0 amide bonds. The van der Waals surface area contributed by atoms with Crippen molar-refractivity contribution in [3.05, 3.63) is 0 Å². The van der Waals surface area contributed by atoms with Gasteiger partial charge in [0.15, 0.2) is 0 Å². The summed E-state index contributed by atoms with van der Waals surface area (Å²) in [7, 11) is 11.6. The Hall–Kier alpha value is 4.01.